The maximum absolute atomic E-state index is 11.9. The Morgan fingerprint density at radius 2 is 1.80 bits per heavy atom. The molecule has 2 aromatic carbocycles. The zero-order chi connectivity index (χ0) is 17.5. The minimum atomic E-state index is -0.277. The number of amides is 1. The molecular formula is C18H16ClN3O2S. The van der Waals surface area contributed by atoms with Gasteiger partial charge in [-0.1, -0.05) is 53.3 Å². The number of aromatic nitrogens is 2. The van der Waals surface area contributed by atoms with Gasteiger partial charge in [-0.3, -0.25) is 10.1 Å². The molecule has 25 heavy (non-hydrogen) atoms. The molecule has 7 heteroatoms. The minimum absolute atomic E-state index is 0.0967. The smallest absolute Gasteiger partial charge is 0.264 e. The number of carbonyl (C=O) groups is 1. The van der Waals surface area contributed by atoms with Gasteiger partial charge in [-0.05, 0) is 36.2 Å². The number of aryl methyl sites for hydroxylation is 2. The van der Waals surface area contributed by atoms with Crippen LogP contribution < -0.4 is 10.1 Å². The summed E-state index contributed by atoms with van der Waals surface area (Å²) in [5, 5.41) is 12.8. The second-order valence-electron chi connectivity index (χ2n) is 5.28. The number of carbonyl (C=O) groups excluding carboxylic acids is 1. The van der Waals surface area contributed by atoms with Crippen molar-refractivity contribution in [2.75, 3.05) is 11.9 Å². The van der Waals surface area contributed by atoms with Crippen LogP contribution in [0.15, 0.2) is 54.6 Å². The van der Waals surface area contributed by atoms with Gasteiger partial charge < -0.3 is 4.74 Å². The quantitative estimate of drug-likeness (QED) is 0.680. The molecule has 3 rings (SSSR count). The van der Waals surface area contributed by atoms with Crippen molar-refractivity contribution in [3.63, 3.8) is 0 Å². The van der Waals surface area contributed by atoms with Gasteiger partial charge in [0.05, 0.1) is 0 Å². The SMILES string of the molecule is O=C(COc1ccc(Cl)cc1)Nc1nnc(CCc2ccccc2)s1. The molecule has 0 saturated carbocycles. The average molecular weight is 374 g/mol. The Morgan fingerprint density at radius 1 is 1.04 bits per heavy atom. The van der Waals surface area contributed by atoms with Crippen LogP contribution in [-0.2, 0) is 17.6 Å². The predicted molar refractivity (Wildman–Crippen MR) is 99.3 cm³/mol. The first kappa shape index (κ1) is 17.4. The molecule has 1 N–H and O–H groups in total. The van der Waals surface area contributed by atoms with Gasteiger partial charge in [0, 0.05) is 11.4 Å². The van der Waals surface area contributed by atoms with Crippen molar-refractivity contribution < 1.29 is 9.53 Å². The van der Waals surface area contributed by atoms with Crippen molar-refractivity contribution in [1.29, 1.82) is 0 Å². The van der Waals surface area contributed by atoms with Crippen LogP contribution in [0.1, 0.15) is 10.6 Å². The van der Waals surface area contributed by atoms with E-state index < -0.39 is 0 Å². The fourth-order valence-electron chi connectivity index (χ4n) is 2.14. The number of ether oxygens (including phenoxy) is 1. The third-order valence-electron chi connectivity index (χ3n) is 3.37. The number of halogens is 1. The lowest BCUT2D eigenvalue weighted by Gasteiger charge is -2.05. The van der Waals surface area contributed by atoms with Crippen LogP contribution in [0.2, 0.25) is 5.02 Å². The zero-order valence-electron chi connectivity index (χ0n) is 13.3. The van der Waals surface area contributed by atoms with E-state index in [-0.39, 0.29) is 12.5 Å². The number of hydrogen-bond acceptors (Lipinski definition) is 5. The zero-order valence-corrected chi connectivity index (χ0v) is 14.9. The Kier molecular flexibility index (Phi) is 5.98. The van der Waals surface area contributed by atoms with Crippen molar-refractivity contribution in [2.24, 2.45) is 0 Å². The first-order valence-corrected chi connectivity index (χ1v) is 8.93. The summed E-state index contributed by atoms with van der Waals surface area (Å²) >= 11 is 7.18. The maximum Gasteiger partial charge on any atom is 0.264 e. The van der Waals surface area contributed by atoms with E-state index in [1.54, 1.807) is 24.3 Å². The van der Waals surface area contributed by atoms with Gasteiger partial charge in [0.2, 0.25) is 5.13 Å². The van der Waals surface area contributed by atoms with Crippen LogP contribution in [0.3, 0.4) is 0 Å². The summed E-state index contributed by atoms with van der Waals surface area (Å²) in [6.45, 7) is -0.0967. The molecule has 0 aliphatic heterocycles. The highest BCUT2D eigenvalue weighted by atomic mass is 35.5. The van der Waals surface area contributed by atoms with E-state index >= 15 is 0 Å². The van der Waals surface area contributed by atoms with E-state index in [9.17, 15) is 4.79 Å². The molecule has 0 fully saturated rings. The monoisotopic (exact) mass is 373 g/mol. The Balaban J connectivity index is 1.45. The fraction of sp³-hybridized carbons (Fsp3) is 0.167. The second kappa shape index (κ2) is 8.60. The Hall–Kier alpha value is -2.44. The molecule has 0 atom stereocenters. The van der Waals surface area contributed by atoms with E-state index in [2.05, 4.69) is 27.6 Å². The van der Waals surface area contributed by atoms with Gasteiger partial charge in [0.25, 0.3) is 5.91 Å². The third kappa shape index (κ3) is 5.55. The summed E-state index contributed by atoms with van der Waals surface area (Å²) in [5.74, 6) is 0.307. The standard InChI is InChI=1S/C18H16ClN3O2S/c19-14-7-9-15(10-8-14)24-12-16(23)20-18-22-21-17(25-18)11-6-13-4-2-1-3-5-13/h1-5,7-10H,6,11-12H2,(H,20,22,23). The normalized spacial score (nSPS) is 10.4. The summed E-state index contributed by atoms with van der Waals surface area (Å²) < 4.78 is 5.39. The Morgan fingerprint density at radius 3 is 2.56 bits per heavy atom. The molecule has 0 unspecified atom stereocenters. The van der Waals surface area contributed by atoms with Gasteiger partial charge in [0.1, 0.15) is 10.8 Å². The van der Waals surface area contributed by atoms with Crippen molar-refractivity contribution in [3.05, 3.63) is 70.2 Å². The van der Waals surface area contributed by atoms with E-state index in [1.807, 2.05) is 18.2 Å². The number of benzene rings is 2. The molecule has 0 bridgehead atoms. The topological polar surface area (TPSA) is 64.1 Å². The van der Waals surface area contributed by atoms with Crippen molar-refractivity contribution in [3.8, 4) is 5.75 Å². The van der Waals surface area contributed by atoms with Gasteiger partial charge >= 0.3 is 0 Å². The summed E-state index contributed by atoms with van der Waals surface area (Å²) in [5.41, 5.74) is 1.25. The van der Waals surface area contributed by atoms with Crippen molar-refractivity contribution in [2.45, 2.75) is 12.8 Å². The molecule has 0 aliphatic carbocycles. The predicted octanol–water partition coefficient (Wildman–Crippen LogP) is 3.99. The van der Waals surface area contributed by atoms with Crippen LogP contribution in [-0.4, -0.2) is 22.7 Å². The lowest BCUT2D eigenvalue weighted by molar-refractivity contribution is -0.118. The van der Waals surface area contributed by atoms with Crippen molar-refractivity contribution in [1.82, 2.24) is 10.2 Å². The van der Waals surface area contributed by atoms with Crippen LogP contribution in [0.25, 0.3) is 0 Å². The fourth-order valence-corrected chi connectivity index (χ4v) is 3.02. The maximum atomic E-state index is 11.9. The number of hydrogen-bond donors (Lipinski definition) is 1. The number of nitrogens with zero attached hydrogens (tertiary/aromatic N) is 2. The average Bonchev–Trinajstić information content (AvgIpc) is 3.08. The summed E-state index contributed by atoms with van der Waals surface area (Å²) in [6, 6.07) is 17.0. The largest absolute Gasteiger partial charge is 0.484 e. The van der Waals surface area contributed by atoms with E-state index in [4.69, 9.17) is 16.3 Å². The van der Waals surface area contributed by atoms with Gasteiger partial charge in [0.15, 0.2) is 6.61 Å². The molecule has 0 saturated heterocycles. The number of rotatable bonds is 7. The molecule has 1 amide bonds. The van der Waals surface area contributed by atoms with Gasteiger partial charge in [-0.2, -0.15) is 0 Å². The Labute approximate surface area is 154 Å². The van der Waals surface area contributed by atoms with Gasteiger partial charge in [-0.25, -0.2) is 0 Å². The molecule has 0 spiro atoms. The molecule has 1 heterocycles. The van der Waals surface area contributed by atoms with E-state index in [0.717, 1.165) is 17.8 Å². The van der Waals surface area contributed by atoms with Gasteiger partial charge in [-0.15, -0.1) is 10.2 Å². The molecule has 0 radical (unpaired) electrons. The van der Waals surface area contributed by atoms with Crippen molar-refractivity contribution >= 4 is 34.0 Å². The Bertz CT molecular complexity index is 822. The molecule has 1 aromatic heterocycles. The van der Waals surface area contributed by atoms with E-state index in [0.29, 0.717) is 15.9 Å². The third-order valence-corrected chi connectivity index (χ3v) is 4.52. The summed E-state index contributed by atoms with van der Waals surface area (Å²) in [7, 11) is 0. The van der Waals surface area contributed by atoms with Crippen LogP contribution in [0.4, 0.5) is 5.13 Å². The first-order chi connectivity index (χ1) is 12.2. The molecule has 128 valence electrons. The van der Waals surface area contributed by atoms with E-state index in [1.165, 1.54) is 16.9 Å². The highest BCUT2D eigenvalue weighted by Crippen LogP contribution is 2.18. The summed E-state index contributed by atoms with van der Waals surface area (Å²) in [4.78, 5) is 11.9. The number of nitrogens with one attached hydrogen (secondary N) is 1. The number of anilines is 1. The highest BCUT2D eigenvalue weighted by molar-refractivity contribution is 7.15. The lowest BCUT2D eigenvalue weighted by atomic mass is 10.1. The molecular weight excluding hydrogens is 358 g/mol. The highest BCUT2D eigenvalue weighted by Gasteiger charge is 2.09. The van der Waals surface area contributed by atoms with Crippen LogP contribution >= 0.6 is 22.9 Å². The molecule has 3 aromatic rings. The molecule has 5 nitrogen and oxygen atoms in total. The summed E-state index contributed by atoms with van der Waals surface area (Å²) in [6.07, 6.45) is 1.68. The molecule has 0 aliphatic rings. The van der Waals surface area contributed by atoms with Crippen LogP contribution in [0, 0.1) is 0 Å². The van der Waals surface area contributed by atoms with Crippen LogP contribution in [0.5, 0.6) is 5.75 Å². The minimum Gasteiger partial charge on any atom is -0.484 e. The first-order valence-electron chi connectivity index (χ1n) is 7.73. The second-order valence-corrected chi connectivity index (χ2v) is 6.78. The lowest BCUT2D eigenvalue weighted by Crippen LogP contribution is -2.20.